The molecule has 24 heteroatoms. The summed E-state index contributed by atoms with van der Waals surface area (Å²) in [7, 11) is 0. The number of esters is 5. The minimum Gasteiger partial charge on any atom is -0.508 e. The number of nitrogens with one attached hydrogen (secondary N) is 1. The Hall–Kier alpha value is -7.25. The van der Waals surface area contributed by atoms with E-state index in [1.54, 1.807) is 48.1 Å². The fraction of sp³-hybridized carbons (Fsp3) is 0.594. The van der Waals surface area contributed by atoms with Crippen LogP contribution in [-0.4, -0.2) is 137 Å². The number of fused-ring (bicyclic) bond motifs is 15. The molecule has 22 atom stereocenters. The number of hydrogen-bond acceptors (Lipinski definition) is 21. The van der Waals surface area contributed by atoms with E-state index >= 15 is 4.39 Å². The molecule has 1 aromatic heterocycles. The van der Waals surface area contributed by atoms with E-state index in [-0.39, 0.29) is 47.5 Å². The van der Waals surface area contributed by atoms with Crippen LogP contribution in [-0.2, 0) is 75.9 Å². The van der Waals surface area contributed by atoms with E-state index in [1.807, 2.05) is 20.8 Å². The summed E-state index contributed by atoms with van der Waals surface area (Å²) in [5.74, 6) is -12.1. The lowest BCUT2D eigenvalue weighted by Gasteiger charge is -2.67. The maximum absolute atomic E-state index is 16.1. The molecular formula is C64H71FN4O19. The van der Waals surface area contributed by atoms with Crippen LogP contribution in [0.25, 0.3) is 0 Å². The summed E-state index contributed by atoms with van der Waals surface area (Å²) in [5, 5.41) is 61.0. The number of unbranched alkanes of at least 4 members (excludes halogenated alkanes) is 3. The zero-order valence-electron chi connectivity index (χ0n) is 49.8. The van der Waals surface area contributed by atoms with E-state index in [0.717, 1.165) is 0 Å². The third kappa shape index (κ3) is 7.95. The summed E-state index contributed by atoms with van der Waals surface area (Å²) in [6.07, 6.45) is -3.76. The molecule has 468 valence electrons. The Morgan fingerprint density at radius 3 is 2.27 bits per heavy atom. The molecule has 3 aromatic carbocycles. The number of ether oxygens (including phenoxy) is 9. The average molecular weight is 1220 g/mol. The highest BCUT2D eigenvalue weighted by Gasteiger charge is 2.93. The molecule has 5 saturated carbocycles. The first-order chi connectivity index (χ1) is 41.7. The van der Waals surface area contributed by atoms with Gasteiger partial charge in [-0.3, -0.25) is 23.9 Å². The lowest BCUT2D eigenvalue weighted by molar-refractivity contribution is -0.286. The number of hydrogen-bond donors (Lipinski definition) is 5. The van der Waals surface area contributed by atoms with Crippen LogP contribution in [0.4, 0.5) is 4.39 Å². The lowest BCUT2D eigenvalue weighted by Crippen LogP contribution is -2.77. The number of benzene rings is 3. The molecule has 4 aromatic rings. The number of carbonyl (C=O) groups is 6. The lowest BCUT2D eigenvalue weighted by atomic mass is 9.40. The number of nitrogens with zero attached hydrogens (tertiary/aromatic N) is 3. The van der Waals surface area contributed by atoms with Gasteiger partial charge in [-0.1, -0.05) is 57.0 Å². The molecule has 3 saturated heterocycles. The van der Waals surface area contributed by atoms with Crippen LogP contribution in [0.5, 0.6) is 23.0 Å². The molecule has 0 bridgehead atoms. The van der Waals surface area contributed by atoms with Gasteiger partial charge in [0.1, 0.15) is 60.1 Å². The van der Waals surface area contributed by atoms with Gasteiger partial charge < -0.3 is 68.4 Å². The van der Waals surface area contributed by atoms with Crippen molar-refractivity contribution in [3.05, 3.63) is 94.6 Å². The van der Waals surface area contributed by atoms with Gasteiger partial charge in [0, 0.05) is 85.6 Å². The Bertz CT molecular complexity index is 3630. The molecule has 88 heavy (non-hydrogen) atoms. The number of aromatic hydroxyl groups is 1. The SMILES string of the molecule is CC(=O)O[C@H]1[C@H]2[C@@H]([C@@H](O)[C@@H](NC(=O)CCCCCCn3cc(COc4cc5c(cc4F)C4(OC(=O)c6ccccc64)c4ccc(O)cc4O5)nn3)[C@H]3C[C@@H]4O[C@@H]4[C@H](OC(C)=O)[C@]23C)[C@@H]2[C@@H](O)C3[C@H]([C@H](C)[C@H]4O[C@]45OC(=O)[C@@](C)(O)[C@]35C)[C@@]2(C)[C@H]1OC(C)=O. The number of amides is 1. The maximum Gasteiger partial charge on any atom is 0.341 e. The molecule has 8 fully saturated rings. The zero-order valence-corrected chi connectivity index (χ0v) is 49.8. The van der Waals surface area contributed by atoms with Gasteiger partial charge in [0.15, 0.2) is 22.8 Å². The number of carbonyl (C=O) groups excluding carboxylic acids is 6. The van der Waals surface area contributed by atoms with Crippen molar-refractivity contribution in [1.82, 2.24) is 20.3 Å². The predicted molar refractivity (Wildman–Crippen MR) is 296 cm³/mol. The van der Waals surface area contributed by atoms with Gasteiger partial charge >= 0.3 is 29.8 Å². The minimum absolute atomic E-state index is 0.0706. The first kappa shape index (κ1) is 58.4. The number of aromatic nitrogens is 3. The molecule has 5 N–H and O–H groups in total. The van der Waals surface area contributed by atoms with Crippen molar-refractivity contribution in [3.63, 3.8) is 0 Å². The van der Waals surface area contributed by atoms with Crippen molar-refractivity contribution in [2.24, 2.45) is 57.7 Å². The van der Waals surface area contributed by atoms with Gasteiger partial charge in [-0.2, -0.15) is 0 Å². The predicted octanol–water partition coefficient (Wildman–Crippen LogP) is 5.20. The van der Waals surface area contributed by atoms with Gasteiger partial charge in [-0.15, -0.1) is 5.10 Å². The molecule has 5 aliphatic carbocycles. The largest absolute Gasteiger partial charge is 0.508 e. The Morgan fingerprint density at radius 1 is 0.807 bits per heavy atom. The number of halogens is 1. The number of aryl methyl sites for hydroxylation is 1. The normalized spacial score (nSPS) is 41.0. The average Bonchev–Trinajstić information content (AvgIpc) is 1.44. The molecule has 2 spiro atoms. The third-order valence-electron chi connectivity index (χ3n) is 22.6. The molecular weight excluding hydrogens is 1150 g/mol. The second-order valence-corrected chi connectivity index (χ2v) is 26.9. The molecule has 1 amide bonds. The second kappa shape index (κ2) is 19.9. The first-order valence-corrected chi connectivity index (χ1v) is 30.4. The van der Waals surface area contributed by atoms with E-state index in [9.17, 15) is 49.2 Å². The highest BCUT2D eigenvalue weighted by atomic mass is 19.1. The number of epoxide rings is 2. The zero-order chi connectivity index (χ0) is 62.3. The van der Waals surface area contributed by atoms with Crippen molar-refractivity contribution in [2.75, 3.05) is 0 Å². The van der Waals surface area contributed by atoms with Crippen LogP contribution >= 0.6 is 0 Å². The highest BCUT2D eigenvalue weighted by molar-refractivity contribution is 5.97. The standard InChI is InChI=1S/C64H71FN4O19/c1-27-45-48(61(7)62(8,79)58(78)88-64(61)54(27)86-64)51(76)46-44-47(53(81-28(2)70)56(60(45,46)6)83-30(4)72)59(5)37(23-42-52(85-42)55(59)82-29(3)71)49(50(44)75)66-43(74)17-11-9-10-14-20-69-25-31(67-68-69)26-80-41-24-40-36(22-38(41)65)63(35-19-18-32(73)21-39(35)84-40)34-16-13-12-15-33(34)57(77)87-63/h12-13,15-16,18-19,21-22,24-25,27,37,42,44-56,73,75-76,79H,9-11,14,17,20,23,26H2,1-8H3,(H,66,74)/t27-,37+,42-,44-,45-,46+,47+,48?,49-,50+,51+,52-,53-,54+,55-,56-,59-,60+,61-,62+,63?,64-/m0/s1. The maximum atomic E-state index is 16.1. The van der Waals surface area contributed by atoms with Gasteiger partial charge in [0.05, 0.1) is 47.1 Å². The monoisotopic (exact) mass is 1220 g/mol. The summed E-state index contributed by atoms with van der Waals surface area (Å²) < 4.78 is 73.4. The first-order valence-electron chi connectivity index (χ1n) is 30.4. The molecule has 0 radical (unpaired) electrons. The van der Waals surface area contributed by atoms with Crippen molar-refractivity contribution in [1.29, 1.82) is 0 Å². The van der Waals surface area contributed by atoms with Crippen molar-refractivity contribution < 1.29 is 96.2 Å². The van der Waals surface area contributed by atoms with Crippen LogP contribution in [0.1, 0.15) is 127 Å². The summed E-state index contributed by atoms with van der Waals surface area (Å²) >= 11 is 0. The van der Waals surface area contributed by atoms with Crippen molar-refractivity contribution >= 4 is 35.8 Å². The Morgan fingerprint density at radius 2 is 1.52 bits per heavy atom. The second-order valence-electron chi connectivity index (χ2n) is 26.9. The van der Waals surface area contributed by atoms with E-state index in [0.29, 0.717) is 61.0 Å². The van der Waals surface area contributed by atoms with Crippen molar-refractivity contribution in [3.8, 4) is 23.0 Å². The summed E-state index contributed by atoms with van der Waals surface area (Å²) in [4.78, 5) is 81.6. The van der Waals surface area contributed by atoms with Crippen LogP contribution in [0.3, 0.4) is 0 Å². The molecule has 14 rings (SSSR count). The minimum atomic E-state index is -2.18. The molecule has 10 aliphatic rings. The highest BCUT2D eigenvalue weighted by Crippen LogP contribution is 2.81. The fourth-order valence-electron chi connectivity index (χ4n) is 19.0. The Labute approximate surface area is 504 Å². The van der Waals surface area contributed by atoms with Gasteiger partial charge in [-0.25, -0.2) is 14.0 Å². The Kier molecular flexibility index (Phi) is 13.2. The Balaban J connectivity index is 0.671. The molecule has 5 aliphatic heterocycles. The quantitative estimate of drug-likeness (QED) is 0.0469. The van der Waals surface area contributed by atoms with Gasteiger partial charge in [0.25, 0.3) is 0 Å². The smallest absolute Gasteiger partial charge is 0.341 e. The van der Waals surface area contributed by atoms with Crippen LogP contribution in [0, 0.1) is 63.5 Å². The molecule has 2 unspecified atom stereocenters. The van der Waals surface area contributed by atoms with Crippen molar-refractivity contribution in [2.45, 2.75) is 179 Å². The van der Waals surface area contributed by atoms with E-state index in [1.165, 1.54) is 52.0 Å². The number of phenols is 1. The number of aliphatic hydroxyl groups excluding tert-OH is 2. The van der Waals surface area contributed by atoms with E-state index < -0.39 is 165 Å². The molecule has 6 heterocycles. The van der Waals surface area contributed by atoms with Gasteiger partial charge in [-0.05, 0) is 81.0 Å². The fourth-order valence-corrected chi connectivity index (χ4v) is 19.0. The number of aliphatic hydroxyl groups is 3. The summed E-state index contributed by atoms with van der Waals surface area (Å²) in [6.45, 7) is 12.6. The number of rotatable bonds is 14. The number of phenolic OH excluding ortho intramolecular Hbond substituents is 1. The van der Waals surface area contributed by atoms with E-state index in [4.69, 9.17) is 42.6 Å². The van der Waals surface area contributed by atoms with E-state index in [2.05, 4.69) is 15.6 Å². The van der Waals surface area contributed by atoms with Crippen LogP contribution < -0.4 is 14.8 Å². The van der Waals surface area contributed by atoms with Gasteiger partial charge in [0.2, 0.25) is 11.7 Å². The topological polar surface area (TPSA) is 316 Å². The summed E-state index contributed by atoms with van der Waals surface area (Å²) in [5.41, 5.74) is -6.07. The third-order valence-corrected chi connectivity index (χ3v) is 22.6. The summed E-state index contributed by atoms with van der Waals surface area (Å²) in [6, 6.07) is 12.8. The van der Waals surface area contributed by atoms with Crippen LogP contribution in [0.2, 0.25) is 0 Å². The molecule has 23 nitrogen and oxygen atoms in total. The van der Waals surface area contributed by atoms with Crippen LogP contribution in [0.15, 0.2) is 60.8 Å².